The van der Waals surface area contributed by atoms with Gasteiger partial charge in [0.25, 0.3) is 0 Å². The molecule has 1 aromatic rings. The summed E-state index contributed by atoms with van der Waals surface area (Å²) in [6.45, 7) is 1.36. The van der Waals surface area contributed by atoms with Gasteiger partial charge >= 0.3 is 6.36 Å². The lowest BCUT2D eigenvalue weighted by molar-refractivity contribution is -0.274. The number of amides is 2. The van der Waals surface area contributed by atoms with Crippen molar-refractivity contribution in [3.63, 3.8) is 0 Å². The van der Waals surface area contributed by atoms with E-state index in [0.29, 0.717) is 44.7 Å². The van der Waals surface area contributed by atoms with E-state index in [4.69, 9.17) is 4.74 Å². The Labute approximate surface area is 148 Å². The third kappa shape index (κ3) is 4.46. The minimum atomic E-state index is -4.80. The number of hydrogen-bond donors (Lipinski definition) is 1. The number of alkyl halides is 3. The molecular formula is C17H19F3N2O4. The molecule has 2 amide bonds. The second kappa shape index (κ2) is 7.53. The van der Waals surface area contributed by atoms with Gasteiger partial charge in [-0.15, -0.1) is 13.2 Å². The van der Waals surface area contributed by atoms with Crippen LogP contribution in [0.5, 0.6) is 5.75 Å². The van der Waals surface area contributed by atoms with E-state index in [0.717, 1.165) is 6.07 Å². The van der Waals surface area contributed by atoms with Crippen LogP contribution in [-0.2, 0) is 14.3 Å². The quantitative estimate of drug-likeness (QED) is 0.880. The Balaban J connectivity index is 1.63. The van der Waals surface area contributed by atoms with E-state index in [2.05, 4.69) is 10.1 Å². The van der Waals surface area contributed by atoms with E-state index in [1.165, 1.54) is 23.1 Å². The first-order valence-electron chi connectivity index (χ1n) is 8.39. The van der Waals surface area contributed by atoms with Crippen LogP contribution in [0.4, 0.5) is 18.9 Å². The topological polar surface area (TPSA) is 67.9 Å². The molecule has 6 nitrogen and oxygen atoms in total. The minimum absolute atomic E-state index is 0.172. The number of benzene rings is 1. The maximum Gasteiger partial charge on any atom is 0.573 e. The lowest BCUT2D eigenvalue weighted by Crippen LogP contribution is -2.45. The molecule has 0 unspecified atom stereocenters. The Morgan fingerprint density at radius 1 is 1.23 bits per heavy atom. The fraction of sp³-hybridized carbons (Fsp3) is 0.529. The van der Waals surface area contributed by atoms with Crippen molar-refractivity contribution in [2.75, 3.05) is 24.7 Å². The summed E-state index contributed by atoms with van der Waals surface area (Å²) in [7, 11) is 0. The normalized spacial score (nSPS) is 21.7. The second-order valence-corrected chi connectivity index (χ2v) is 6.27. The number of nitrogens with zero attached hydrogens (tertiary/aromatic N) is 1. The smallest absolute Gasteiger partial charge is 0.406 e. The van der Waals surface area contributed by atoms with Crippen LogP contribution < -0.4 is 15.0 Å². The summed E-state index contributed by atoms with van der Waals surface area (Å²) in [5.74, 6) is -1.08. The highest BCUT2D eigenvalue weighted by Crippen LogP contribution is 2.29. The first-order chi connectivity index (χ1) is 12.3. The van der Waals surface area contributed by atoms with E-state index < -0.39 is 18.2 Å². The summed E-state index contributed by atoms with van der Waals surface area (Å²) in [5.41, 5.74) is 0.305. The summed E-state index contributed by atoms with van der Waals surface area (Å²) in [6.07, 6.45) is -3.16. The number of rotatable bonds is 4. The Bertz CT molecular complexity index is 674. The number of carbonyl (C=O) groups excluding carboxylic acids is 2. The van der Waals surface area contributed by atoms with Crippen LogP contribution >= 0.6 is 0 Å². The van der Waals surface area contributed by atoms with Crippen LogP contribution in [0.2, 0.25) is 0 Å². The number of ether oxygens (including phenoxy) is 2. The van der Waals surface area contributed by atoms with Gasteiger partial charge in [0.15, 0.2) is 0 Å². The number of anilines is 1. The zero-order valence-electron chi connectivity index (χ0n) is 13.9. The van der Waals surface area contributed by atoms with E-state index in [1.807, 2.05) is 0 Å². The van der Waals surface area contributed by atoms with Crippen LogP contribution in [-0.4, -0.2) is 44.0 Å². The average molecular weight is 372 g/mol. The van der Waals surface area contributed by atoms with Crippen LogP contribution in [0, 0.1) is 5.92 Å². The van der Waals surface area contributed by atoms with E-state index >= 15 is 0 Å². The molecule has 0 saturated carbocycles. The van der Waals surface area contributed by atoms with Crippen LogP contribution in [0.15, 0.2) is 24.3 Å². The highest BCUT2D eigenvalue weighted by Gasteiger charge is 2.36. The van der Waals surface area contributed by atoms with Crippen LogP contribution in [0.1, 0.15) is 19.3 Å². The van der Waals surface area contributed by atoms with Crippen LogP contribution in [0.3, 0.4) is 0 Å². The predicted molar refractivity (Wildman–Crippen MR) is 85.6 cm³/mol. The molecule has 2 saturated heterocycles. The monoisotopic (exact) mass is 372 g/mol. The van der Waals surface area contributed by atoms with E-state index in [1.54, 1.807) is 0 Å². The fourth-order valence-corrected chi connectivity index (χ4v) is 3.17. The molecule has 2 aliphatic rings. The maximum absolute atomic E-state index is 12.5. The lowest BCUT2D eigenvalue weighted by Gasteiger charge is -2.23. The fourth-order valence-electron chi connectivity index (χ4n) is 3.17. The highest BCUT2D eigenvalue weighted by molar-refractivity contribution is 6.01. The average Bonchev–Trinajstić information content (AvgIpc) is 2.95. The first-order valence-corrected chi connectivity index (χ1v) is 8.39. The zero-order chi connectivity index (χ0) is 18.7. The molecule has 0 spiro atoms. The van der Waals surface area contributed by atoms with Crippen molar-refractivity contribution in [3.8, 4) is 5.75 Å². The molecule has 0 aromatic heterocycles. The summed E-state index contributed by atoms with van der Waals surface area (Å²) < 4.78 is 46.2. The molecule has 3 rings (SSSR count). The molecule has 0 aliphatic carbocycles. The van der Waals surface area contributed by atoms with Gasteiger partial charge < -0.3 is 19.7 Å². The van der Waals surface area contributed by atoms with Gasteiger partial charge in [0.1, 0.15) is 11.8 Å². The SMILES string of the molecule is O=C(N[C@H]1CCN(c2cccc(OC(F)(F)F)c2)C1=O)C1CCOCC1. The van der Waals surface area contributed by atoms with Gasteiger partial charge in [-0.05, 0) is 31.4 Å². The second-order valence-electron chi connectivity index (χ2n) is 6.27. The number of carbonyl (C=O) groups is 2. The molecule has 9 heteroatoms. The van der Waals surface area contributed by atoms with Gasteiger partial charge in [0.05, 0.1) is 0 Å². The van der Waals surface area contributed by atoms with E-state index in [9.17, 15) is 22.8 Å². The maximum atomic E-state index is 12.5. The molecule has 26 heavy (non-hydrogen) atoms. The van der Waals surface area contributed by atoms with Crippen molar-refractivity contribution in [2.24, 2.45) is 5.92 Å². The van der Waals surface area contributed by atoms with Gasteiger partial charge in [-0.2, -0.15) is 0 Å². The molecule has 0 radical (unpaired) electrons. The minimum Gasteiger partial charge on any atom is -0.406 e. The molecular weight excluding hydrogens is 353 g/mol. The van der Waals surface area contributed by atoms with Crippen molar-refractivity contribution < 1.29 is 32.2 Å². The van der Waals surface area contributed by atoms with Crippen molar-refractivity contribution in [1.82, 2.24) is 5.32 Å². The Morgan fingerprint density at radius 3 is 2.65 bits per heavy atom. The number of halogens is 3. The summed E-state index contributed by atoms with van der Waals surface area (Å²) in [5, 5.41) is 2.75. The van der Waals surface area contributed by atoms with Gasteiger partial charge in [-0.3, -0.25) is 9.59 Å². The largest absolute Gasteiger partial charge is 0.573 e. The lowest BCUT2D eigenvalue weighted by atomic mass is 9.99. The van der Waals surface area contributed by atoms with Gasteiger partial charge in [-0.1, -0.05) is 6.07 Å². The third-order valence-electron chi connectivity index (χ3n) is 4.48. The third-order valence-corrected chi connectivity index (χ3v) is 4.48. The van der Waals surface area contributed by atoms with Crippen molar-refractivity contribution in [2.45, 2.75) is 31.7 Å². The number of hydrogen-bond acceptors (Lipinski definition) is 4. The Kier molecular flexibility index (Phi) is 5.36. The van der Waals surface area contributed by atoms with Gasteiger partial charge in [-0.25, -0.2) is 0 Å². The van der Waals surface area contributed by atoms with Crippen molar-refractivity contribution in [3.05, 3.63) is 24.3 Å². The molecule has 0 bridgehead atoms. The summed E-state index contributed by atoms with van der Waals surface area (Å²) >= 11 is 0. The molecule has 1 aromatic carbocycles. The van der Waals surface area contributed by atoms with Crippen molar-refractivity contribution in [1.29, 1.82) is 0 Å². The van der Waals surface area contributed by atoms with Crippen molar-refractivity contribution >= 4 is 17.5 Å². The summed E-state index contributed by atoms with van der Waals surface area (Å²) in [6, 6.07) is 4.58. The standard InChI is InChI=1S/C17H19F3N2O4/c18-17(19,20)26-13-3-1-2-12(10-13)22-7-4-14(16(22)24)21-15(23)11-5-8-25-9-6-11/h1-3,10-11,14H,4-9H2,(H,21,23)/t14-/m0/s1. The highest BCUT2D eigenvalue weighted by atomic mass is 19.4. The molecule has 2 aliphatic heterocycles. The molecule has 1 N–H and O–H groups in total. The van der Waals surface area contributed by atoms with E-state index in [-0.39, 0.29) is 17.7 Å². The van der Waals surface area contributed by atoms with Gasteiger partial charge in [0, 0.05) is 37.4 Å². The molecule has 2 fully saturated rings. The summed E-state index contributed by atoms with van der Waals surface area (Å²) in [4.78, 5) is 26.2. The van der Waals surface area contributed by atoms with Gasteiger partial charge in [0.2, 0.25) is 11.8 Å². The molecule has 2 heterocycles. The zero-order valence-corrected chi connectivity index (χ0v) is 13.9. The predicted octanol–water partition coefficient (Wildman–Crippen LogP) is 2.23. The Morgan fingerprint density at radius 2 is 1.96 bits per heavy atom. The first kappa shape index (κ1) is 18.5. The molecule has 1 atom stereocenters. The Hall–Kier alpha value is -2.29. The molecule has 142 valence electrons. The number of nitrogens with one attached hydrogen (secondary N) is 1. The van der Waals surface area contributed by atoms with Crippen LogP contribution in [0.25, 0.3) is 0 Å².